The molecule has 3 N–H and O–H groups in total. The topological polar surface area (TPSA) is 95.1 Å². The molecule has 1 amide bonds. The van der Waals surface area contributed by atoms with E-state index in [1.807, 2.05) is 65.8 Å². The molecule has 0 aliphatic carbocycles. The van der Waals surface area contributed by atoms with Gasteiger partial charge < -0.3 is 15.8 Å². The molecule has 0 aliphatic rings. The van der Waals surface area contributed by atoms with Crippen LogP contribution < -0.4 is 15.8 Å². The summed E-state index contributed by atoms with van der Waals surface area (Å²) in [6.45, 7) is 12.1. The van der Waals surface area contributed by atoms with Crippen molar-refractivity contribution < 1.29 is 9.53 Å². The predicted molar refractivity (Wildman–Crippen MR) is 109 cm³/mol. The lowest BCUT2D eigenvalue weighted by atomic mass is 9.88. The zero-order valence-electron chi connectivity index (χ0n) is 16.8. The highest BCUT2D eigenvalue weighted by molar-refractivity contribution is 5.93. The summed E-state index contributed by atoms with van der Waals surface area (Å²) < 4.78 is 7.29. The van der Waals surface area contributed by atoms with Gasteiger partial charge in [-0.15, -0.1) is 17.5 Å². The first-order valence-corrected chi connectivity index (χ1v) is 8.90. The number of rotatable bonds is 7. The van der Waals surface area contributed by atoms with E-state index in [9.17, 15) is 4.79 Å². The fourth-order valence-corrected chi connectivity index (χ4v) is 2.47. The van der Waals surface area contributed by atoms with Crippen LogP contribution in [0.25, 0.3) is 5.69 Å². The van der Waals surface area contributed by atoms with Gasteiger partial charge in [0, 0.05) is 6.54 Å². The average Bonchev–Trinajstić information content (AvgIpc) is 2.96. The van der Waals surface area contributed by atoms with Gasteiger partial charge in [-0.3, -0.25) is 4.79 Å². The largest absolute Gasteiger partial charge is 0.491 e. The van der Waals surface area contributed by atoms with E-state index >= 15 is 0 Å². The number of ether oxygens (including phenoxy) is 1. The SMILES string of the molecule is Cc1c(C(=O)NC(C)(CN)C(C)C)nnn1-c1ccc(OC(C)C)cc1.Cl. The van der Waals surface area contributed by atoms with E-state index in [0.29, 0.717) is 17.9 Å². The number of nitrogens with one attached hydrogen (secondary N) is 1. The van der Waals surface area contributed by atoms with Crippen LogP contribution in [0.4, 0.5) is 0 Å². The first kappa shape index (κ1) is 22.9. The molecule has 1 aromatic heterocycles. The summed E-state index contributed by atoms with van der Waals surface area (Å²) >= 11 is 0. The number of carbonyl (C=O) groups is 1. The fourth-order valence-electron chi connectivity index (χ4n) is 2.47. The summed E-state index contributed by atoms with van der Waals surface area (Å²) in [4.78, 5) is 12.7. The van der Waals surface area contributed by atoms with Gasteiger partial charge in [0.05, 0.1) is 23.0 Å². The molecule has 8 heteroatoms. The Bertz CT molecular complexity index is 758. The van der Waals surface area contributed by atoms with E-state index in [0.717, 1.165) is 11.4 Å². The lowest BCUT2D eigenvalue weighted by Crippen LogP contribution is -2.55. The molecule has 0 saturated heterocycles. The van der Waals surface area contributed by atoms with Crippen LogP contribution in [0.1, 0.15) is 50.8 Å². The predicted octanol–water partition coefficient (Wildman–Crippen LogP) is 2.89. The summed E-state index contributed by atoms with van der Waals surface area (Å²) in [5.41, 5.74) is 7.14. The van der Waals surface area contributed by atoms with Gasteiger partial charge in [0.2, 0.25) is 0 Å². The third kappa shape index (κ3) is 5.20. The summed E-state index contributed by atoms with van der Waals surface area (Å²) in [7, 11) is 0. The second-order valence-corrected chi connectivity index (χ2v) is 7.33. The van der Waals surface area contributed by atoms with Gasteiger partial charge >= 0.3 is 0 Å². The lowest BCUT2D eigenvalue weighted by Gasteiger charge is -2.33. The highest BCUT2D eigenvalue weighted by Crippen LogP contribution is 2.19. The monoisotopic (exact) mass is 395 g/mol. The molecule has 0 bridgehead atoms. The second kappa shape index (κ2) is 9.19. The van der Waals surface area contributed by atoms with Crippen LogP contribution in [-0.4, -0.2) is 39.1 Å². The number of aromatic nitrogens is 3. The molecular weight excluding hydrogens is 366 g/mol. The standard InChI is InChI=1S/C19H29N5O2.ClH/c1-12(2)19(6,11-20)21-18(25)17-14(5)24(23-22-17)15-7-9-16(10-8-15)26-13(3)4;/h7-10,12-13H,11,20H2,1-6H3,(H,21,25);1H. The van der Waals surface area contributed by atoms with E-state index < -0.39 is 5.54 Å². The van der Waals surface area contributed by atoms with Crippen molar-refractivity contribution >= 4 is 18.3 Å². The van der Waals surface area contributed by atoms with Crippen molar-refractivity contribution in [1.29, 1.82) is 0 Å². The third-order valence-corrected chi connectivity index (χ3v) is 4.66. The summed E-state index contributed by atoms with van der Waals surface area (Å²) in [6.07, 6.45) is 0.113. The van der Waals surface area contributed by atoms with Crippen molar-refractivity contribution in [2.24, 2.45) is 11.7 Å². The Balaban J connectivity index is 0.00000364. The lowest BCUT2D eigenvalue weighted by molar-refractivity contribution is 0.0877. The Morgan fingerprint density at radius 2 is 1.85 bits per heavy atom. The van der Waals surface area contributed by atoms with E-state index in [4.69, 9.17) is 10.5 Å². The Labute approximate surface area is 167 Å². The molecule has 2 rings (SSSR count). The average molecular weight is 396 g/mol. The first-order valence-electron chi connectivity index (χ1n) is 8.90. The second-order valence-electron chi connectivity index (χ2n) is 7.33. The van der Waals surface area contributed by atoms with Crippen LogP contribution in [0.2, 0.25) is 0 Å². The molecule has 0 fully saturated rings. The molecule has 1 unspecified atom stereocenters. The van der Waals surface area contributed by atoms with E-state index in [1.54, 1.807) is 4.68 Å². The Morgan fingerprint density at radius 1 is 1.26 bits per heavy atom. The number of nitrogens with zero attached hydrogens (tertiary/aromatic N) is 3. The maximum atomic E-state index is 12.7. The number of amides is 1. The molecule has 0 saturated carbocycles. The van der Waals surface area contributed by atoms with Gasteiger partial charge in [-0.05, 0) is 57.9 Å². The minimum atomic E-state index is -0.497. The highest BCUT2D eigenvalue weighted by atomic mass is 35.5. The number of hydrogen-bond acceptors (Lipinski definition) is 5. The molecule has 0 aliphatic heterocycles. The van der Waals surface area contributed by atoms with Crippen molar-refractivity contribution in [3.63, 3.8) is 0 Å². The molecule has 1 atom stereocenters. The van der Waals surface area contributed by atoms with E-state index in [1.165, 1.54) is 0 Å². The number of halogens is 1. The van der Waals surface area contributed by atoms with Crippen molar-refractivity contribution in [1.82, 2.24) is 20.3 Å². The molecule has 1 aromatic carbocycles. The van der Waals surface area contributed by atoms with Crippen LogP contribution in [0, 0.1) is 12.8 Å². The van der Waals surface area contributed by atoms with Crippen LogP contribution in [0.3, 0.4) is 0 Å². The molecule has 0 spiro atoms. The fraction of sp³-hybridized carbons (Fsp3) is 0.526. The van der Waals surface area contributed by atoms with Gasteiger partial charge in [-0.1, -0.05) is 19.1 Å². The van der Waals surface area contributed by atoms with Gasteiger partial charge in [0.15, 0.2) is 5.69 Å². The molecule has 2 aromatic rings. The van der Waals surface area contributed by atoms with Crippen LogP contribution >= 0.6 is 12.4 Å². The van der Waals surface area contributed by atoms with Gasteiger partial charge in [0.25, 0.3) is 5.91 Å². The zero-order valence-corrected chi connectivity index (χ0v) is 17.6. The molecule has 7 nitrogen and oxygen atoms in total. The van der Waals surface area contributed by atoms with Gasteiger partial charge in [0.1, 0.15) is 5.75 Å². The van der Waals surface area contributed by atoms with Gasteiger partial charge in [-0.2, -0.15) is 0 Å². The van der Waals surface area contributed by atoms with Crippen molar-refractivity contribution in [2.75, 3.05) is 6.54 Å². The molecule has 27 heavy (non-hydrogen) atoms. The molecule has 1 heterocycles. The van der Waals surface area contributed by atoms with Crippen molar-refractivity contribution in [3.05, 3.63) is 35.7 Å². The van der Waals surface area contributed by atoms with E-state index in [-0.39, 0.29) is 30.3 Å². The van der Waals surface area contributed by atoms with Crippen LogP contribution in [0.5, 0.6) is 5.75 Å². The van der Waals surface area contributed by atoms with E-state index in [2.05, 4.69) is 15.6 Å². The number of hydrogen-bond donors (Lipinski definition) is 2. The minimum Gasteiger partial charge on any atom is -0.491 e. The number of benzene rings is 1. The Morgan fingerprint density at radius 3 is 2.33 bits per heavy atom. The van der Waals surface area contributed by atoms with Crippen molar-refractivity contribution in [3.8, 4) is 11.4 Å². The smallest absolute Gasteiger partial charge is 0.274 e. The molecule has 150 valence electrons. The van der Waals surface area contributed by atoms with Crippen LogP contribution in [-0.2, 0) is 0 Å². The Kier molecular flexibility index (Phi) is 7.80. The summed E-state index contributed by atoms with van der Waals surface area (Å²) in [6, 6.07) is 7.53. The molecular formula is C19H30ClN5O2. The first-order chi connectivity index (χ1) is 12.2. The normalized spacial score (nSPS) is 13.2. The highest BCUT2D eigenvalue weighted by Gasteiger charge is 2.30. The minimum absolute atomic E-state index is 0. The third-order valence-electron chi connectivity index (χ3n) is 4.66. The number of carbonyl (C=O) groups excluding carboxylic acids is 1. The quantitative estimate of drug-likeness (QED) is 0.751. The zero-order chi connectivity index (χ0) is 19.5. The summed E-state index contributed by atoms with van der Waals surface area (Å²) in [5.74, 6) is 0.714. The Hall–Kier alpha value is -2.12. The van der Waals surface area contributed by atoms with Crippen LogP contribution in [0.15, 0.2) is 24.3 Å². The maximum Gasteiger partial charge on any atom is 0.274 e. The summed E-state index contributed by atoms with van der Waals surface area (Å²) in [5, 5.41) is 11.2. The van der Waals surface area contributed by atoms with Gasteiger partial charge in [-0.25, -0.2) is 4.68 Å². The maximum absolute atomic E-state index is 12.7. The number of nitrogens with two attached hydrogens (primary N) is 1. The van der Waals surface area contributed by atoms with Crippen molar-refractivity contribution in [2.45, 2.75) is 53.2 Å². The molecule has 0 radical (unpaired) electrons.